The summed E-state index contributed by atoms with van der Waals surface area (Å²) in [4.78, 5) is 26.5. The maximum atomic E-state index is 11.8. The van der Waals surface area contributed by atoms with E-state index in [2.05, 4.69) is 5.32 Å². The Kier molecular flexibility index (Phi) is 5.51. The standard InChI is InChI=1S/C14H21N3O2/c1-11-5-7-12(8-6-11)15-13(18)9-17(4)10-14(19)16(2)3/h5-8H,9-10H2,1-4H3,(H,15,18). The molecule has 2 amide bonds. The molecule has 5 nitrogen and oxygen atoms in total. The molecule has 1 rings (SSSR count). The molecule has 0 saturated heterocycles. The molecule has 104 valence electrons. The van der Waals surface area contributed by atoms with Gasteiger partial charge in [0.25, 0.3) is 0 Å². The van der Waals surface area contributed by atoms with Gasteiger partial charge < -0.3 is 10.2 Å². The molecular formula is C14H21N3O2. The fourth-order valence-corrected chi connectivity index (χ4v) is 1.51. The van der Waals surface area contributed by atoms with E-state index in [9.17, 15) is 9.59 Å². The number of anilines is 1. The minimum atomic E-state index is -0.127. The molecule has 0 spiro atoms. The van der Waals surface area contributed by atoms with Crippen LogP contribution in [0.25, 0.3) is 0 Å². The lowest BCUT2D eigenvalue weighted by atomic mass is 10.2. The quantitative estimate of drug-likeness (QED) is 0.860. The first-order chi connectivity index (χ1) is 8.88. The molecule has 0 unspecified atom stereocenters. The van der Waals surface area contributed by atoms with Gasteiger partial charge in [0.15, 0.2) is 0 Å². The molecule has 0 fully saturated rings. The lowest BCUT2D eigenvalue weighted by molar-refractivity contribution is -0.130. The predicted molar refractivity (Wildman–Crippen MR) is 76.0 cm³/mol. The number of benzene rings is 1. The second kappa shape index (κ2) is 6.89. The average molecular weight is 263 g/mol. The van der Waals surface area contributed by atoms with Crippen molar-refractivity contribution >= 4 is 17.5 Å². The third kappa shape index (κ3) is 5.52. The molecule has 5 heteroatoms. The highest BCUT2D eigenvalue weighted by Gasteiger charge is 2.11. The second-order valence-electron chi connectivity index (χ2n) is 4.87. The van der Waals surface area contributed by atoms with Crippen molar-refractivity contribution < 1.29 is 9.59 Å². The Labute approximate surface area is 114 Å². The van der Waals surface area contributed by atoms with Crippen molar-refractivity contribution in [1.82, 2.24) is 9.80 Å². The summed E-state index contributed by atoms with van der Waals surface area (Å²) < 4.78 is 0. The number of likely N-dealkylation sites (N-methyl/N-ethyl adjacent to an activating group) is 2. The van der Waals surface area contributed by atoms with E-state index in [0.29, 0.717) is 0 Å². The summed E-state index contributed by atoms with van der Waals surface area (Å²) in [6.45, 7) is 2.41. The van der Waals surface area contributed by atoms with E-state index >= 15 is 0 Å². The number of nitrogens with zero attached hydrogens (tertiary/aromatic N) is 2. The van der Waals surface area contributed by atoms with Crippen molar-refractivity contribution in [1.29, 1.82) is 0 Å². The van der Waals surface area contributed by atoms with Gasteiger partial charge in [0.05, 0.1) is 13.1 Å². The van der Waals surface area contributed by atoms with E-state index < -0.39 is 0 Å². The first kappa shape index (κ1) is 15.2. The molecule has 0 aliphatic heterocycles. The molecule has 0 aliphatic rings. The van der Waals surface area contributed by atoms with Crippen molar-refractivity contribution in [2.75, 3.05) is 39.5 Å². The molecule has 0 atom stereocenters. The number of rotatable bonds is 5. The van der Waals surface area contributed by atoms with Crippen molar-refractivity contribution in [3.8, 4) is 0 Å². The first-order valence-corrected chi connectivity index (χ1v) is 6.13. The Morgan fingerprint density at radius 3 is 2.16 bits per heavy atom. The summed E-state index contributed by atoms with van der Waals surface area (Å²) in [5, 5.41) is 2.80. The van der Waals surface area contributed by atoms with Crippen molar-refractivity contribution in [3.63, 3.8) is 0 Å². The topological polar surface area (TPSA) is 52.7 Å². The van der Waals surface area contributed by atoms with Gasteiger partial charge in [-0.05, 0) is 26.1 Å². The number of aryl methyl sites for hydroxylation is 1. The van der Waals surface area contributed by atoms with Gasteiger partial charge in [-0.25, -0.2) is 0 Å². The molecule has 0 heterocycles. The van der Waals surface area contributed by atoms with Crippen LogP contribution in [0.15, 0.2) is 24.3 Å². The highest BCUT2D eigenvalue weighted by atomic mass is 16.2. The molecule has 0 aliphatic carbocycles. The number of carbonyl (C=O) groups is 2. The van der Waals surface area contributed by atoms with Crippen LogP contribution in [0.4, 0.5) is 5.69 Å². The monoisotopic (exact) mass is 263 g/mol. The third-order valence-corrected chi connectivity index (χ3v) is 2.65. The summed E-state index contributed by atoms with van der Waals surface area (Å²) >= 11 is 0. The number of carbonyl (C=O) groups excluding carboxylic acids is 2. The average Bonchev–Trinajstić information content (AvgIpc) is 2.31. The van der Waals surface area contributed by atoms with E-state index in [1.165, 1.54) is 4.90 Å². The number of hydrogen-bond donors (Lipinski definition) is 1. The van der Waals surface area contributed by atoms with Gasteiger partial charge >= 0.3 is 0 Å². The number of amides is 2. The fraction of sp³-hybridized carbons (Fsp3) is 0.429. The van der Waals surface area contributed by atoms with E-state index in [1.807, 2.05) is 31.2 Å². The van der Waals surface area contributed by atoms with Crippen LogP contribution < -0.4 is 5.32 Å². The molecule has 19 heavy (non-hydrogen) atoms. The lowest BCUT2D eigenvalue weighted by Crippen LogP contribution is -2.38. The third-order valence-electron chi connectivity index (χ3n) is 2.65. The van der Waals surface area contributed by atoms with Gasteiger partial charge in [-0.2, -0.15) is 0 Å². The summed E-state index contributed by atoms with van der Waals surface area (Å²) in [5.41, 5.74) is 1.91. The Balaban J connectivity index is 2.42. The number of hydrogen-bond acceptors (Lipinski definition) is 3. The van der Waals surface area contributed by atoms with Crippen molar-refractivity contribution in [3.05, 3.63) is 29.8 Å². The zero-order valence-corrected chi connectivity index (χ0v) is 11.9. The molecule has 0 saturated carbocycles. The van der Waals surface area contributed by atoms with Crippen molar-refractivity contribution in [2.45, 2.75) is 6.92 Å². The minimum absolute atomic E-state index is 0.0226. The van der Waals surface area contributed by atoms with Crippen molar-refractivity contribution in [2.24, 2.45) is 0 Å². The van der Waals surface area contributed by atoms with Crippen LogP contribution in [0.1, 0.15) is 5.56 Å². The van der Waals surface area contributed by atoms with Crippen LogP contribution in [0, 0.1) is 6.92 Å². The van der Waals surface area contributed by atoms with E-state index in [0.717, 1.165) is 11.3 Å². The maximum Gasteiger partial charge on any atom is 0.238 e. The Bertz CT molecular complexity index is 441. The second-order valence-corrected chi connectivity index (χ2v) is 4.87. The van der Waals surface area contributed by atoms with Crippen LogP contribution in [0.3, 0.4) is 0 Å². The van der Waals surface area contributed by atoms with Crippen LogP contribution in [0.5, 0.6) is 0 Å². The van der Waals surface area contributed by atoms with Crippen LogP contribution in [-0.2, 0) is 9.59 Å². The fourth-order valence-electron chi connectivity index (χ4n) is 1.51. The van der Waals surface area contributed by atoms with Gasteiger partial charge in [0.2, 0.25) is 11.8 Å². The zero-order chi connectivity index (χ0) is 14.4. The highest BCUT2D eigenvalue weighted by molar-refractivity contribution is 5.92. The van der Waals surface area contributed by atoms with Gasteiger partial charge in [0.1, 0.15) is 0 Å². The Hall–Kier alpha value is -1.88. The molecule has 0 radical (unpaired) electrons. The predicted octanol–water partition coefficient (Wildman–Crippen LogP) is 0.954. The van der Waals surface area contributed by atoms with E-state index in [4.69, 9.17) is 0 Å². The van der Waals surface area contributed by atoms with Gasteiger partial charge in [0, 0.05) is 19.8 Å². The van der Waals surface area contributed by atoms with Gasteiger partial charge in [-0.3, -0.25) is 14.5 Å². The van der Waals surface area contributed by atoms with Crippen LogP contribution in [-0.4, -0.2) is 55.8 Å². The van der Waals surface area contributed by atoms with Crippen LogP contribution >= 0.6 is 0 Å². The smallest absolute Gasteiger partial charge is 0.238 e. The molecule has 1 N–H and O–H groups in total. The highest BCUT2D eigenvalue weighted by Crippen LogP contribution is 2.08. The largest absolute Gasteiger partial charge is 0.348 e. The Morgan fingerprint density at radius 2 is 1.63 bits per heavy atom. The van der Waals surface area contributed by atoms with Crippen LogP contribution in [0.2, 0.25) is 0 Å². The zero-order valence-electron chi connectivity index (χ0n) is 11.9. The molecule has 1 aromatic rings. The SMILES string of the molecule is Cc1ccc(NC(=O)CN(C)CC(=O)N(C)C)cc1. The minimum Gasteiger partial charge on any atom is -0.348 e. The van der Waals surface area contributed by atoms with Gasteiger partial charge in [-0.15, -0.1) is 0 Å². The Morgan fingerprint density at radius 1 is 1.05 bits per heavy atom. The van der Waals surface area contributed by atoms with E-state index in [1.54, 1.807) is 26.0 Å². The lowest BCUT2D eigenvalue weighted by Gasteiger charge is -2.18. The molecule has 0 bridgehead atoms. The summed E-state index contributed by atoms with van der Waals surface area (Å²) in [6.07, 6.45) is 0. The molecule has 0 aromatic heterocycles. The number of nitrogens with one attached hydrogen (secondary N) is 1. The summed E-state index contributed by atoms with van der Waals surface area (Å²) in [5.74, 6) is -0.149. The van der Waals surface area contributed by atoms with Gasteiger partial charge in [-0.1, -0.05) is 17.7 Å². The molecular weight excluding hydrogens is 242 g/mol. The summed E-state index contributed by atoms with van der Waals surface area (Å²) in [6, 6.07) is 7.60. The maximum absolute atomic E-state index is 11.8. The first-order valence-electron chi connectivity index (χ1n) is 6.13. The molecule has 1 aromatic carbocycles. The normalized spacial score (nSPS) is 10.4. The summed E-state index contributed by atoms with van der Waals surface area (Å²) in [7, 11) is 5.14. The van der Waals surface area contributed by atoms with E-state index in [-0.39, 0.29) is 24.9 Å².